The number of amides is 1. The maximum Gasteiger partial charge on any atom is 0.349 e. The molecule has 1 fully saturated rings. The van der Waals surface area contributed by atoms with E-state index in [1.54, 1.807) is 24.8 Å². The standard InChI is InChI=1S/C23H25NO6S/c1-3-28-22(26)15-8-10-24(11-9-15)21(25)14(2)30-23(27)19-12-16-13-29-18-7-5-4-6-17(18)20(16)31-19/h4-7,12,14-15H,3,8-11,13H2,1-2H3/t14-/m1/s1. The molecule has 1 aromatic carbocycles. The van der Waals surface area contributed by atoms with Crippen LogP contribution in [0.2, 0.25) is 0 Å². The Hall–Kier alpha value is -2.87. The van der Waals surface area contributed by atoms with E-state index in [4.69, 9.17) is 14.2 Å². The van der Waals surface area contributed by atoms with E-state index in [9.17, 15) is 14.4 Å². The summed E-state index contributed by atoms with van der Waals surface area (Å²) < 4.78 is 16.3. The molecule has 8 heteroatoms. The van der Waals surface area contributed by atoms with Crippen molar-refractivity contribution >= 4 is 29.2 Å². The molecule has 1 amide bonds. The van der Waals surface area contributed by atoms with Crippen LogP contribution in [0.5, 0.6) is 5.75 Å². The number of nitrogens with zero attached hydrogens (tertiary/aromatic N) is 1. The largest absolute Gasteiger partial charge is 0.488 e. The fourth-order valence-corrected chi connectivity index (χ4v) is 5.00. The highest BCUT2D eigenvalue weighted by Gasteiger charge is 2.32. The summed E-state index contributed by atoms with van der Waals surface area (Å²) in [7, 11) is 0. The Morgan fingerprint density at radius 1 is 1.23 bits per heavy atom. The lowest BCUT2D eigenvalue weighted by Crippen LogP contribution is -2.45. The summed E-state index contributed by atoms with van der Waals surface area (Å²) in [5, 5.41) is 0. The van der Waals surface area contributed by atoms with Crippen molar-refractivity contribution in [2.24, 2.45) is 5.92 Å². The monoisotopic (exact) mass is 443 g/mol. The molecule has 2 aliphatic heterocycles. The lowest BCUT2D eigenvalue weighted by Gasteiger charge is -2.32. The van der Waals surface area contributed by atoms with Crippen LogP contribution in [0.25, 0.3) is 10.4 Å². The van der Waals surface area contributed by atoms with Gasteiger partial charge in [0.2, 0.25) is 0 Å². The zero-order valence-electron chi connectivity index (χ0n) is 17.6. The first kappa shape index (κ1) is 21.4. The Morgan fingerprint density at radius 2 is 1.97 bits per heavy atom. The minimum Gasteiger partial charge on any atom is -0.488 e. The van der Waals surface area contributed by atoms with E-state index in [-0.39, 0.29) is 17.8 Å². The molecule has 1 aromatic heterocycles. The van der Waals surface area contributed by atoms with Crippen molar-refractivity contribution in [1.82, 2.24) is 4.90 Å². The molecule has 7 nitrogen and oxygen atoms in total. The van der Waals surface area contributed by atoms with Gasteiger partial charge in [0.15, 0.2) is 6.10 Å². The van der Waals surface area contributed by atoms with Gasteiger partial charge < -0.3 is 19.1 Å². The topological polar surface area (TPSA) is 82.1 Å². The Bertz CT molecular complexity index is 992. The van der Waals surface area contributed by atoms with Gasteiger partial charge in [0.25, 0.3) is 5.91 Å². The van der Waals surface area contributed by atoms with Crippen LogP contribution in [-0.4, -0.2) is 48.5 Å². The average molecular weight is 444 g/mol. The third-order valence-electron chi connectivity index (χ3n) is 5.58. The lowest BCUT2D eigenvalue weighted by atomic mass is 9.97. The van der Waals surface area contributed by atoms with Gasteiger partial charge in [0.05, 0.1) is 12.5 Å². The second kappa shape index (κ2) is 9.09. The summed E-state index contributed by atoms with van der Waals surface area (Å²) in [6, 6.07) is 9.49. The van der Waals surface area contributed by atoms with E-state index < -0.39 is 12.1 Å². The van der Waals surface area contributed by atoms with E-state index in [1.165, 1.54) is 11.3 Å². The second-order valence-electron chi connectivity index (χ2n) is 7.65. The van der Waals surface area contributed by atoms with E-state index >= 15 is 0 Å². The van der Waals surface area contributed by atoms with Gasteiger partial charge in [-0.3, -0.25) is 9.59 Å². The van der Waals surface area contributed by atoms with E-state index in [0.717, 1.165) is 21.8 Å². The number of hydrogen-bond donors (Lipinski definition) is 0. The number of thiophene rings is 1. The second-order valence-corrected chi connectivity index (χ2v) is 8.70. The minimum atomic E-state index is -0.894. The predicted molar refractivity (Wildman–Crippen MR) is 115 cm³/mol. The van der Waals surface area contributed by atoms with Gasteiger partial charge in [-0.15, -0.1) is 11.3 Å². The van der Waals surface area contributed by atoms with Crippen molar-refractivity contribution in [2.45, 2.75) is 39.4 Å². The number of esters is 2. The SMILES string of the molecule is CCOC(=O)C1CCN(C(=O)[C@@H](C)OC(=O)c2cc3c(s2)-c2ccccc2OC3)CC1. The van der Waals surface area contributed by atoms with Gasteiger partial charge in [-0.1, -0.05) is 12.1 Å². The van der Waals surface area contributed by atoms with Crippen molar-refractivity contribution in [2.75, 3.05) is 19.7 Å². The molecule has 0 saturated carbocycles. The molecule has 2 aromatic rings. The summed E-state index contributed by atoms with van der Waals surface area (Å²) in [6.45, 7) is 5.03. The van der Waals surface area contributed by atoms with Crippen LogP contribution in [0, 0.1) is 5.92 Å². The number of carbonyl (C=O) groups is 3. The third kappa shape index (κ3) is 4.44. The number of likely N-dealkylation sites (tertiary alicyclic amines) is 1. The molecule has 3 heterocycles. The van der Waals surface area contributed by atoms with Crippen LogP contribution >= 0.6 is 11.3 Å². The fourth-order valence-electron chi connectivity index (χ4n) is 3.92. The molecule has 0 aliphatic carbocycles. The summed E-state index contributed by atoms with van der Waals surface area (Å²) in [4.78, 5) is 40.4. The maximum absolute atomic E-state index is 12.7. The van der Waals surface area contributed by atoms with Gasteiger partial charge in [-0.25, -0.2) is 4.79 Å². The number of fused-ring (bicyclic) bond motifs is 3. The fraction of sp³-hybridized carbons (Fsp3) is 0.435. The molecule has 31 heavy (non-hydrogen) atoms. The van der Waals surface area contributed by atoms with Crippen molar-refractivity contribution in [3.63, 3.8) is 0 Å². The Labute approximate surface area is 184 Å². The summed E-state index contributed by atoms with van der Waals surface area (Å²) >= 11 is 1.35. The highest BCUT2D eigenvalue weighted by atomic mass is 32.1. The Balaban J connectivity index is 1.36. The van der Waals surface area contributed by atoms with Crippen LogP contribution in [0.4, 0.5) is 0 Å². The van der Waals surface area contributed by atoms with Gasteiger partial charge in [0, 0.05) is 29.1 Å². The zero-order chi connectivity index (χ0) is 22.0. The summed E-state index contributed by atoms with van der Waals surface area (Å²) in [6.07, 6.45) is 0.222. The molecule has 1 saturated heterocycles. The molecule has 0 radical (unpaired) electrons. The molecule has 1 atom stereocenters. The molecular weight excluding hydrogens is 418 g/mol. The van der Waals surface area contributed by atoms with E-state index in [2.05, 4.69) is 0 Å². The first-order valence-corrected chi connectivity index (χ1v) is 11.3. The van der Waals surface area contributed by atoms with Gasteiger partial charge >= 0.3 is 11.9 Å². The van der Waals surface area contributed by atoms with Gasteiger partial charge in [-0.2, -0.15) is 0 Å². The Kier molecular flexibility index (Phi) is 6.27. The van der Waals surface area contributed by atoms with Crippen molar-refractivity contribution in [1.29, 1.82) is 0 Å². The highest BCUT2D eigenvalue weighted by Crippen LogP contribution is 2.42. The molecule has 0 unspecified atom stereocenters. The smallest absolute Gasteiger partial charge is 0.349 e. The number of rotatable bonds is 5. The van der Waals surface area contributed by atoms with Crippen molar-refractivity contribution in [3.8, 4) is 16.2 Å². The van der Waals surface area contributed by atoms with Gasteiger partial charge in [-0.05, 0) is 44.9 Å². The highest BCUT2D eigenvalue weighted by molar-refractivity contribution is 7.17. The van der Waals surface area contributed by atoms with Crippen LogP contribution in [0.15, 0.2) is 30.3 Å². The number of benzene rings is 1. The maximum atomic E-state index is 12.7. The first-order chi connectivity index (χ1) is 15.0. The molecular formula is C23H25NO6S. The normalized spacial score (nSPS) is 16.5. The third-order valence-corrected chi connectivity index (χ3v) is 6.77. The van der Waals surface area contributed by atoms with Crippen LogP contribution in [-0.2, 0) is 25.7 Å². The predicted octanol–water partition coefficient (Wildman–Crippen LogP) is 3.65. The van der Waals surface area contributed by atoms with E-state index in [1.807, 2.05) is 24.3 Å². The molecule has 2 aliphatic rings. The Morgan fingerprint density at radius 3 is 2.71 bits per heavy atom. The summed E-state index contributed by atoms with van der Waals surface area (Å²) in [5.74, 6) is -0.345. The molecule has 164 valence electrons. The lowest BCUT2D eigenvalue weighted by molar-refractivity contribution is -0.152. The van der Waals surface area contributed by atoms with Crippen molar-refractivity contribution in [3.05, 3.63) is 40.8 Å². The molecule has 4 rings (SSSR count). The molecule has 0 bridgehead atoms. The van der Waals surface area contributed by atoms with E-state index in [0.29, 0.717) is 44.0 Å². The van der Waals surface area contributed by atoms with Crippen LogP contribution < -0.4 is 4.74 Å². The average Bonchev–Trinajstić information content (AvgIpc) is 3.24. The van der Waals surface area contributed by atoms with Crippen LogP contribution in [0.3, 0.4) is 0 Å². The first-order valence-electron chi connectivity index (χ1n) is 10.5. The molecule has 0 spiro atoms. The number of ether oxygens (including phenoxy) is 3. The quantitative estimate of drug-likeness (QED) is 0.656. The number of piperidine rings is 1. The zero-order valence-corrected chi connectivity index (χ0v) is 18.4. The number of hydrogen-bond acceptors (Lipinski definition) is 7. The molecule has 0 N–H and O–H groups in total. The number of para-hydroxylation sites is 1. The van der Waals surface area contributed by atoms with Gasteiger partial charge in [0.1, 0.15) is 17.2 Å². The van der Waals surface area contributed by atoms with Crippen molar-refractivity contribution < 1.29 is 28.6 Å². The van der Waals surface area contributed by atoms with Crippen LogP contribution in [0.1, 0.15) is 41.9 Å². The number of carbonyl (C=O) groups excluding carboxylic acids is 3. The summed E-state index contributed by atoms with van der Waals surface area (Å²) in [5.41, 5.74) is 1.90. The minimum absolute atomic E-state index is 0.176.